The average Bonchev–Trinajstić information content (AvgIpc) is 3.49. The Bertz CT molecular complexity index is 1530. The fraction of sp³-hybridized carbons (Fsp3) is 0.233. The second-order valence-electron chi connectivity index (χ2n) is 10.2. The number of H-pyrrole nitrogens is 1. The zero-order valence-electron chi connectivity index (χ0n) is 21.5. The molecule has 0 saturated carbocycles. The number of aromatic amines is 1. The molecule has 2 heterocycles. The molecular formula is C30H31FN6O. The number of amides is 1. The number of rotatable bonds is 9. The van der Waals surface area contributed by atoms with Crippen LogP contribution in [0.2, 0.25) is 0 Å². The Morgan fingerprint density at radius 3 is 2.45 bits per heavy atom. The van der Waals surface area contributed by atoms with Crippen LogP contribution >= 0.6 is 0 Å². The van der Waals surface area contributed by atoms with Gasteiger partial charge in [-0.25, -0.2) is 4.39 Å². The number of para-hydroxylation sites is 1. The maximum absolute atomic E-state index is 13.6. The van der Waals surface area contributed by atoms with Gasteiger partial charge in [0.25, 0.3) is 0 Å². The molecule has 0 bridgehead atoms. The van der Waals surface area contributed by atoms with Crippen LogP contribution in [0.3, 0.4) is 0 Å². The molecular weight excluding hydrogens is 479 g/mol. The summed E-state index contributed by atoms with van der Waals surface area (Å²) in [6, 6.07) is 24.0. The van der Waals surface area contributed by atoms with E-state index in [2.05, 4.69) is 26.6 Å². The Balaban J connectivity index is 1.57. The maximum Gasteiger partial charge on any atom is 0.240 e. The molecule has 0 aliphatic heterocycles. The van der Waals surface area contributed by atoms with Gasteiger partial charge in [0.15, 0.2) is 5.82 Å². The highest BCUT2D eigenvalue weighted by Gasteiger charge is 2.29. The summed E-state index contributed by atoms with van der Waals surface area (Å²) >= 11 is 0. The quantitative estimate of drug-likeness (QED) is 0.268. The molecule has 7 nitrogen and oxygen atoms in total. The zero-order valence-corrected chi connectivity index (χ0v) is 21.5. The van der Waals surface area contributed by atoms with Crippen LogP contribution in [0.15, 0.2) is 85.1 Å². The normalized spacial score (nSPS) is 12.5. The van der Waals surface area contributed by atoms with E-state index in [1.54, 1.807) is 26.0 Å². The summed E-state index contributed by atoms with van der Waals surface area (Å²) in [7, 11) is 0. The Labute approximate surface area is 220 Å². The molecule has 0 spiro atoms. The third kappa shape index (κ3) is 5.65. The average molecular weight is 511 g/mol. The van der Waals surface area contributed by atoms with Gasteiger partial charge < -0.3 is 20.6 Å². The van der Waals surface area contributed by atoms with Crippen molar-refractivity contribution in [2.45, 2.75) is 44.8 Å². The highest BCUT2D eigenvalue weighted by molar-refractivity contribution is 5.86. The van der Waals surface area contributed by atoms with E-state index in [9.17, 15) is 9.18 Å². The molecule has 5 rings (SSSR count). The van der Waals surface area contributed by atoms with Crippen molar-refractivity contribution in [1.82, 2.24) is 25.1 Å². The minimum Gasteiger partial charge on any atom is -0.361 e. The number of nitrogens with one attached hydrogen (secondary N) is 2. The summed E-state index contributed by atoms with van der Waals surface area (Å²) in [5.74, 6) is 0.782. The summed E-state index contributed by atoms with van der Waals surface area (Å²) in [6.45, 7) is 3.78. The first kappa shape index (κ1) is 25.4. The fourth-order valence-corrected chi connectivity index (χ4v) is 4.53. The molecule has 4 N–H and O–H groups in total. The second-order valence-corrected chi connectivity index (χ2v) is 10.2. The van der Waals surface area contributed by atoms with Crippen molar-refractivity contribution in [3.05, 3.63) is 119 Å². The smallest absolute Gasteiger partial charge is 0.240 e. The third-order valence-electron chi connectivity index (χ3n) is 6.62. The molecule has 0 radical (unpaired) electrons. The first-order chi connectivity index (χ1) is 18.3. The van der Waals surface area contributed by atoms with Crippen LogP contribution in [-0.4, -0.2) is 31.2 Å². The lowest BCUT2D eigenvalue weighted by molar-refractivity contribution is -0.126. The summed E-state index contributed by atoms with van der Waals surface area (Å²) in [5, 5.41) is 13.4. The van der Waals surface area contributed by atoms with Gasteiger partial charge in [0.1, 0.15) is 11.6 Å². The summed E-state index contributed by atoms with van der Waals surface area (Å²) in [6.07, 6.45) is 3.01. The number of hydrogen-bond donors (Lipinski definition) is 3. The number of nitrogens with zero attached hydrogens (tertiary/aromatic N) is 3. The van der Waals surface area contributed by atoms with Crippen molar-refractivity contribution in [3.63, 3.8) is 0 Å². The topological polar surface area (TPSA) is 102 Å². The Kier molecular flexibility index (Phi) is 7.07. The van der Waals surface area contributed by atoms with Crippen molar-refractivity contribution >= 4 is 16.8 Å². The first-order valence-corrected chi connectivity index (χ1v) is 12.6. The van der Waals surface area contributed by atoms with Gasteiger partial charge in [0.2, 0.25) is 5.91 Å². The zero-order chi connectivity index (χ0) is 26.7. The van der Waals surface area contributed by atoms with E-state index in [0.29, 0.717) is 25.2 Å². The molecule has 8 heteroatoms. The molecule has 0 aliphatic carbocycles. The second kappa shape index (κ2) is 10.6. The number of carbonyl (C=O) groups is 1. The van der Waals surface area contributed by atoms with Crippen LogP contribution in [0.25, 0.3) is 10.9 Å². The minimum atomic E-state index is -1.08. The molecule has 0 unspecified atom stereocenters. The molecule has 1 atom stereocenters. The van der Waals surface area contributed by atoms with Gasteiger partial charge in [0, 0.05) is 29.9 Å². The van der Waals surface area contributed by atoms with Crippen molar-refractivity contribution in [2.24, 2.45) is 5.73 Å². The van der Waals surface area contributed by atoms with Crippen LogP contribution in [0, 0.1) is 5.82 Å². The van der Waals surface area contributed by atoms with E-state index in [-0.39, 0.29) is 11.7 Å². The van der Waals surface area contributed by atoms with Crippen molar-refractivity contribution in [3.8, 4) is 0 Å². The largest absolute Gasteiger partial charge is 0.361 e. The molecule has 2 aromatic heterocycles. The lowest BCUT2D eigenvalue weighted by Gasteiger charge is -2.25. The van der Waals surface area contributed by atoms with Crippen LogP contribution in [-0.2, 0) is 24.2 Å². The van der Waals surface area contributed by atoms with Gasteiger partial charge in [-0.15, -0.1) is 10.2 Å². The van der Waals surface area contributed by atoms with Gasteiger partial charge >= 0.3 is 0 Å². The van der Waals surface area contributed by atoms with Crippen LogP contribution in [0.4, 0.5) is 4.39 Å². The molecule has 0 aliphatic rings. The van der Waals surface area contributed by atoms with Crippen molar-refractivity contribution in [1.29, 1.82) is 0 Å². The lowest BCUT2D eigenvalue weighted by Crippen LogP contribution is -2.50. The van der Waals surface area contributed by atoms with E-state index < -0.39 is 11.6 Å². The fourth-order valence-electron chi connectivity index (χ4n) is 4.53. The Morgan fingerprint density at radius 2 is 1.71 bits per heavy atom. The molecule has 0 saturated heterocycles. The van der Waals surface area contributed by atoms with Crippen molar-refractivity contribution in [2.75, 3.05) is 0 Å². The van der Waals surface area contributed by atoms with Gasteiger partial charge in [0.05, 0.1) is 18.1 Å². The highest BCUT2D eigenvalue weighted by Crippen LogP contribution is 2.26. The number of nitrogens with two attached hydrogens (primary N) is 1. The lowest BCUT2D eigenvalue weighted by atomic mass is 10.0. The van der Waals surface area contributed by atoms with Gasteiger partial charge in [-0.2, -0.15) is 0 Å². The summed E-state index contributed by atoms with van der Waals surface area (Å²) in [5.41, 5.74) is 9.13. The SMILES string of the molecule is CC(C)(N)C(=O)N[C@H](Cc1c[nH]c2ccccc12)c1nnc(Cc2ccccc2)n1Cc1ccc(F)cc1. The third-order valence-corrected chi connectivity index (χ3v) is 6.62. The van der Waals surface area contributed by atoms with E-state index in [1.807, 2.05) is 59.3 Å². The van der Waals surface area contributed by atoms with Crippen LogP contribution in [0.1, 0.15) is 48.2 Å². The van der Waals surface area contributed by atoms with Gasteiger partial charge in [-0.05, 0) is 48.7 Å². The summed E-state index contributed by atoms with van der Waals surface area (Å²) in [4.78, 5) is 16.4. The Hall–Kier alpha value is -4.30. The Morgan fingerprint density at radius 1 is 1.00 bits per heavy atom. The molecule has 0 fully saturated rings. The monoisotopic (exact) mass is 510 g/mol. The van der Waals surface area contributed by atoms with E-state index in [1.165, 1.54) is 12.1 Å². The predicted octanol–water partition coefficient (Wildman–Crippen LogP) is 4.67. The number of benzene rings is 3. The van der Waals surface area contributed by atoms with Crippen molar-refractivity contribution < 1.29 is 9.18 Å². The number of aromatic nitrogens is 4. The van der Waals surface area contributed by atoms with Crippen LogP contribution < -0.4 is 11.1 Å². The number of carbonyl (C=O) groups excluding carboxylic acids is 1. The molecule has 5 aromatic rings. The number of fused-ring (bicyclic) bond motifs is 1. The van der Waals surface area contributed by atoms with Crippen LogP contribution in [0.5, 0.6) is 0 Å². The number of hydrogen-bond acceptors (Lipinski definition) is 4. The molecule has 194 valence electrons. The van der Waals surface area contributed by atoms with E-state index in [0.717, 1.165) is 33.4 Å². The van der Waals surface area contributed by atoms with Gasteiger partial charge in [-0.3, -0.25) is 4.79 Å². The number of halogens is 1. The standard InChI is InChI=1S/C30H31FN6O/c1-30(2,32)29(38)34-26(17-22-18-33-25-11-7-6-10-24(22)25)28-36-35-27(16-20-8-4-3-5-9-20)37(28)19-21-12-14-23(31)15-13-21/h3-15,18,26,33H,16-17,19,32H2,1-2H3,(H,34,38)/t26-/m1/s1. The first-order valence-electron chi connectivity index (χ1n) is 12.6. The van der Waals surface area contributed by atoms with E-state index in [4.69, 9.17) is 5.73 Å². The molecule has 1 amide bonds. The highest BCUT2D eigenvalue weighted by atomic mass is 19.1. The van der Waals surface area contributed by atoms with Gasteiger partial charge in [-0.1, -0.05) is 60.7 Å². The predicted molar refractivity (Wildman–Crippen MR) is 146 cm³/mol. The molecule has 38 heavy (non-hydrogen) atoms. The van der Waals surface area contributed by atoms with E-state index >= 15 is 0 Å². The maximum atomic E-state index is 13.6. The summed E-state index contributed by atoms with van der Waals surface area (Å²) < 4.78 is 15.7. The minimum absolute atomic E-state index is 0.289. The molecule has 3 aromatic carbocycles.